The van der Waals surface area contributed by atoms with Crippen LogP contribution in [0.2, 0.25) is 5.02 Å². The van der Waals surface area contributed by atoms with E-state index in [1.54, 1.807) is 7.05 Å². The van der Waals surface area contributed by atoms with Gasteiger partial charge in [0, 0.05) is 33.9 Å². The molecule has 20 heavy (non-hydrogen) atoms. The number of likely N-dealkylation sites (N-methyl/N-ethyl adjacent to an activating group) is 1. The summed E-state index contributed by atoms with van der Waals surface area (Å²) in [6.07, 6.45) is 0. The second-order valence-electron chi connectivity index (χ2n) is 4.96. The van der Waals surface area contributed by atoms with E-state index in [1.807, 2.05) is 43.3 Å². The minimum Gasteiger partial charge on any atom is -0.359 e. The van der Waals surface area contributed by atoms with Crippen LogP contribution >= 0.6 is 11.6 Å². The number of nitrogens with one attached hydrogen (secondary N) is 2. The van der Waals surface area contributed by atoms with Gasteiger partial charge in [-0.15, -0.1) is 0 Å². The third-order valence-corrected chi connectivity index (χ3v) is 3.96. The molecule has 1 aromatic heterocycles. The number of H-pyrrole nitrogens is 1. The Labute approximate surface area is 121 Å². The van der Waals surface area contributed by atoms with Crippen LogP contribution in [0.25, 0.3) is 21.8 Å². The molecule has 2 aromatic carbocycles. The Morgan fingerprint density at radius 2 is 1.95 bits per heavy atom. The molecule has 0 aliphatic rings. The second kappa shape index (κ2) is 4.84. The molecule has 0 bridgehead atoms. The summed E-state index contributed by atoms with van der Waals surface area (Å²) in [4.78, 5) is 15.1. The van der Waals surface area contributed by atoms with Gasteiger partial charge in [0.15, 0.2) is 0 Å². The number of fused-ring (bicyclic) bond motifs is 3. The summed E-state index contributed by atoms with van der Waals surface area (Å²) in [5, 5.41) is 5.63. The van der Waals surface area contributed by atoms with Crippen LogP contribution in [0.5, 0.6) is 0 Å². The van der Waals surface area contributed by atoms with Crippen LogP contribution < -0.4 is 5.32 Å². The molecule has 0 spiro atoms. The van der Waals surface area contributed by atoms with Crippen molar-refractivity contribution in [1.29, 1.82) is 0 Å². The van der Waals surface area contributed by atoms with E-state index in [9.17, 15) is 4.79 Å². The molecule has 2 N–H and O–H groups in total. The zero-order valence-electron chi connectivity index (χ0n) is 11.3. The molecule has 1 heterocycles. The van der Waals surface area contributed by atoms with Gasteiger partial charge in [-0.05, 0) is 36.8 Å². The van der Waals surface area contributed by atoms with E-state index in [1.165, 1.54) is 0 Å². The number of halogens is 1. The molecule has 0 unspecified atom stereocenters. The van der Waals surface area contributed by atoms with Crippen molar-refractivity contribution in [3.8, 4) is 0 Å². The largest absolute Gasteiger partial charge is 0.359 e. The Bertz CT molecular complexity index is 807. The van der Waals surface area contributed by atoms with Gasteiger partial charge in [0.05, 0.1) is 5.92 Å². The van der Waals surface area contributed by atoms with Crippen LogP contribution in [-0.2, 0) is 4.79 Å². The Morgan fingerprint density at radius 3 is 2.70 bits per heavy atom. The monoisotopic (exact) mass is 286 g/mol. The first-order valence-electron chi connectivity index (χ1n) is 6.52. The summed E-state index contributed by atoms with van der Waals surface area (Å²) in [6, 6.07) is 11.9. The summed E-state index contributed by atoms with van der Waals surface area (Å²) in [6.45, 7) is 1.90. The van der Waals surface area contributed by atoms with Crippen LogP contribution in [0.4, 0.5) is 0 Å². The number of benzene rings is 2. The van der Waals surface area contributed by atoms with E-state index in [-0.39, 0.29) is 11.8 Å². The quantitative estimate of drug-likeness (QED) is 0.739. The van der Waals surface area contributed by atoms with Crippen molar-refractivity contribution in [2.45, 2.75) is 12.8 Å². The second-order valence-corrected chi connectivity index (χ2v) is 5.39. The minimum atomic E-state index is -0.167. The fourth-order valence-corrected chi connectivity index (χ4v) is 2.70. The lowest BCUT2D eigenvalue weighted by Gasteiger charge is -2.10. The van der Waals surface area contributed by atoms with E-state index in [0.717, 1.165) is 32.4 Å². The molecule has 3 nitrogen and oxygen atoms in total. The molecule has 0 aliphatic heterocycles. The van der Waals surface area contributed by atoms with Gasteiger partial charge in [0.2, 0.25) is 5.91 Å². The van der Waals surface area contributed by atoms with Gasteiger partial charge in [0.25, 0.3) is 0 Å². The molecule has 102 valence electrons. The van der Waals surface area contributed by atoms with E-state index in [4.69, 9.17) is 11.6 Å². The standard InChI is InChI=1S/C16H15ClN2O/c1-9(16(20)18-2)10-3-5-12-13-8-11(17)4-6-14(13)19-15(12)7-10/h3-9,19H,1-2H3,(H,18,20)/t9-/m0/s1. The van der Waals surface area contributed by atoms with E-state index in [0.29, 0.717) is 0 Å². The normalized spacial score (nSPS) is 12.8. The highest BCUT2D eigenvalue weighted by Crippen LogP contribution is 2.30. The molecule has 1 amide bonds. The average Bonchev–Trinajstić information content (AvgIpc) is 2.82. The van der Waals surface area contributed by atoms with Crippen molar-refractivity contribution in [1.82, 2.24) is 10.3 Å². The summed E-state index contributed by atoms with van der Waals surface area (Å²) in [7, 11) is 1.66. The number of aromatic amines is 1. The van der Waals surface area contributed by atoms with Gasteiger partial charge >= 0.3 is 0 Å². The Balaban J connectivity index is 2.17. The van der Waals surface area contributed by atoms with Gasteiger partial charge < -0.3 is 10.3 Å². The third-order valence-electron chi connectivity index (χ3n) is 3.72. The van der Waals surface area contributed by atoms with Gasteiger partial charge in [-0.25, -0.2) is 0 Å². The van der Waals surface area contributed by atoms with Gasteiger partial charge in [-0.1, -0.05) is 23.7 Å². The van der Waals surface area contributed by atoms with Crippen LogP contribution in [0.15, 0.2) is 36.4 Å². The lowest BCUT2D eigenvalue weighted by Crippen LogP contribution is -2.23. The van der Waals surface area contributed by atoms with Crippen LogP contribution in [-0.4, -0.2) is 17.9 Å². The van der Waals surface area contributed by atoms with Gasteiger partial charge in [-0.2, -0.15) is 0 Å². The summed E-state index contributed by atoms with van der Waals surface area (Å²) < 4.78 is 0. The van der Waals surface area contributed by atoms with Crippen molar-refractivity contribution in [3.63, 3.8) is 0 Å². The van der Waals surface area contributed by atoms with Crippen LogP contribution in [0.1, 0.15) is 18.4 Å². The molecular weight excluding hydrogens is 272 g/mol. The molecule has 0 saturated heterocycles. The maximum Gasteiger partial charge on any atom is 0.227 e. The van der Waals surface area contributed by atoms with Gasteiger partial charge in [-0.3, -0.25) is 4.79 Å². The SMILES string of the molecule is CNC(=O)[C@@H](C)c1ccc2c(c1)[nH]c1ccc(Cl)cc12. The van der Waals surface area contributed by atoms with Crippen molar-refractivity contribution >= 4 is 39.3 Å². The maximum absolute atomic E-state index is 11.7. The molecule has 4 heteroatoms. The molecule has 0 fully saturated rings. The average molecular weight is 287 g/mol. The summed E-state index contributed by atoms with van der Waals surface area (Å²) >= 11 is 6.05. The first-order valence-corrected chi connectivity index (χ1v) is 6.90. The van der Waals surface area contributed by atoms with Crippen molar-refractivity contribution in [2.75, 3.05) is 7.05 Å². The Morgan fingerprint density at radius 1 is 1.15 bits per heavy atom. The summed E-state index contributed by atoms with van der Waals surface area (Å²) in [5.41, 5.74) is 3.07. The smallest absolute Gasteiger partial charge is 0.227 e. The number of amides is 1. The highest BCUT2D eigenvalue weighted by Gasteiger charge is 2.15. The Kier molecular flexibility index (Phi) is 3.14. The Hall–Kier alpha value is -2.00. The van der Waals surface area contributed by atoms with E-state index in [2.05, 4.69) is 10.3 Å². The molecule has 0 radical (unpaired) electrons. The summed E-state index contributed by atoms with van der Waals surface area (Å²) in [5.74, 6) is -0.150. The number of hydrogen-bond donors (Lipinski definition) is 2. The maximum atomic E-state index is 11.7. The molecule has 3 aromatic rings. The first kappa shape index (κ1) is 13.0. The number of rotatable bonds is 2. The molecular formula is C16H15ClN2O. The number of hydrogen-bond acceptors (Lipinski definition) is 1. The first-order chi connectivity index (χ1) is 9.60. The fourth-order valence-electron chi connectivity index (χ4n) is 2.53. The topological polar surface area (TPSA) is 44.9 Å². The highest BCUT2D eigenvalue weighted by atomic mass is 35.5. The van der Waals surface area contributed by atoms with Crippen molar-refractivity contribution in [2.24, 2.45) is 0 Å². The lowest BCUT2D eigenvalue weighted by atomic mass is 9.99. The zero-order valence-corrected chi connectivity index (χ0v) is 12.1. The number of carbonyl (C=O) groups excluding carboxylic acids is 1. The molecule has 3 rings (SSSR count). The fraction of sp³-hybridized carbons (Fsp3) is 0.188. The molecule has 1 atom stereocenters. The highest BCUT2D eigenvalue weighted by molar-refractivity contribution is 6.31. The van der Waals surface area contributed by atoms with Gasteiger partial charge in [0.1, 0.15) is 0 Å². The molecule has 0 aliphatic carbocycles. The molecule has 0 saturated carbocycles. The van der Waals surface area contributed by atoms with Crippen molar-refractivity contribution < 1.29 is 4.79 Å². The zero-order chi connectivity index (χ0) is 14.3. The predicted molar refractivity (Wildman–Crippen MR) is 83.3 cm³/mol. The van der Waals surface area contributed by atoms with Crippen molar-refractivity contribution in [3.05, 3.63) is 47.0 Å². The van der Waals surface area contributed by atoms with E-state index >= 15 is 0 Å². The predicted octanol–water partition coefficient (Wildman–Crippen LogP) is 3.82. The van der Waals surface area contributed by atoms with Crippen LogP contribution in [0.3, 0.4) is 0 Å². The third kappa shape index (κ3) is 2.04. The minimum absolute atomic E-state index is 0.0171. The van der Waals surface area contributed by atoms with Crippen LogP contribution in [0, 0.1) is 0 Å². The number of aromatic nitrogens is 1. The lowest BCUT2D eigenvalue weighted by molar-refractivity contribution is -0.121. The van der Waals surface area contributed by atoms with E-state index < -0.39 is 0 Å². The number of carbonyl (C=O) groups is 1.